The molecule has 0 saturated heterocycles. The van der Waals surface area contributed by atoms with E-state index < -0.39 is 0 Å². The molecule has 0 bridgehead atoms. The number of halogens is 1. The van der Waals surface area contributed by atoms with E-state index in [1.54, 1.807) is 0 Å². The van der Waals surface area contributed by atoms with Crippen LogP contribution in [0.1, 0.15) is 38.3 Å². The highest BCUT2D eigenvalue weighted by Gasteiger charge is 2.43. The van der Waals surface area contributed by atoms with Crippen LogP contribution in [0.4, 0.5) is 0 Å². The Morgan fingerprint density at radius 1 is 1.47 bits per heavy atom. The molecule has 0 saturated carbocycles. The minimum atomic E-state index is 0.0856. The van der Waals surface area contributed by atoms with Gasteiger partial charge in [0, 0.05) is 10.9 Å². The quantitative estimate of drug-likeness (QED) is 0.826. The van der Waals surface area contributed by atoms with Crippen molar-refractivity contribution < 1.29 is 5.11 Å². The highest BCUT2D eigenvalue weighted by atomic mass is 79.9. The molecule has 0 heterocycles. The molecule has 2 heteroatoms. The van der Waals surface area contributed by atoms with Crippen LogP contribution < -0.4 is 0 Å². The lowest BCUT2D eigenvalue weighted by molar-refractivity contribution is 0.242. The molecule has 1 aliphatic carbocycles. The van der Waals surface area contributed by atoms with Crippen LogP contribution in [0.15, 0.2) is 18.2 Å². The maximum atomic E-state index is 10.1. The first kappa shape index (κ1) is 12.9. The van der Waals surface area contributed by atoms with Crippen LogP contribution in [-0.4, -0.2) is 10.4 Å². The van der Waals surface area contributed by atoms with E-state index in [0.29, 0.717) is 17.6 Å². The Bertz CT molecular complexity index is 411. The molecule has 1 aromatic rings. The summed E-state index contributed by atoms with van der Waals surface area (Å²) in [5.41, 5.74) is 2.59. The summed E-state index contributed by atoms with van der Waals surface area (Å²) in [5.74, 6) is 1.78. The van der Waals surface area contributed by atoms with E-state index in [-0.39, 0.29) is 5.41 Å². The molecular formula is C15H21BrO. The lowest BCUT2D eigenvalue weighted by atomic mass is 9.72. The third-order valence-corrected chi connectivity index (χ3v) is 4.85. The molecule has 17 heavy (non-hydrogen) atoms. The fraction of sp³-hybridized carbons (Fsp3) is 0.600. The highest BCUT2D eigenvalue weighted by molar-refractivity contribution is 9.09. The van der Waals surface area contributed by atoms with E-state index in [2.05, 4.69) is 42.8 Å². The van der Waals surface area contributed by atoms with E-state index in [0.717, 1.165) is 11.8 Å². The number of rotatable bonds is 3. The Hall–Kier alpha value is -0.500. The number of phenols is 1. The number of phenolic OH excluding ortho intramolecular Hbond substituents is 1. The summed E-state index contributed by atoms with van der Waals surface area (Å²) >= 11 is 3.53. The van der Waals surface area contributed by atoms with Gasteiger partial charge >= 0.3 is 0 Å². The lowest BCUT2D eigenvalue weighted by Gasteiger charge is -2.33. The van der Waals surface area contributed by atoms with Gasteiger partial charge in [-0.2, -0.15) is 0 Å². The first-order valence-corrected chi connectivity index (χ1v) is 7.48. The summed E-state index contributed by atoms with van der Waals surface area (Å²) < 4.78 is 0. The molecule has 2 atom stereocenters. The number of hydrogen-bond donors (Lipinski definition) is 1. The fourth-order valence-electron chi connectivity index (χ4n) is 3.46. The minimum absolute atomic E-state index is 0.0856. The van der Waals surface area contributed by atoms with Crippen LogP contribution in [-0.2, 0) is 11.8 Å². The largest absolute Gasteiger partial charge is 0.508 e. The van der Waals surface area contributed by atoms with Crippen molar-refractivity contribution in [2.75, 3.05) is 5.33 Å². The molecule has 94 valence electrons. The summed E-state index contributed by atoms with van der Waals surface area (Å²) in [7, 11) is 0. The van der Waals surface area contributed by atoms with Gasteiger partial charge in [-0.25, -0.2) is 0 Å². The average molecular weight is 297 g/mol. The zero-order valence-corrected chi connectivity index (χ0v) is 12.4. The highest BCUT2D eigenvalue weighted by Crippen LogP contribution is 2.50. The Morgan fingerprint density at radius 2 is 2.18 bits per heavy atom. The number of fused-ring (bicyclic) bond motifs is 1. The smallest absolute Gasteiger partial charge is 0.119 e. The molecule has 1 N–H and O–H groups in total. The minimum Gasteiger partial charge on any atom is -0.508 e. The number of alkyl halides is 1. The van der Waals surface area contributed by atoms with Crippen molar-refractivity contribution in [2.24, 2.45) is 11.8 Å². The first-order chi connectivity index (χ1) is 7.98. The molecule has 0 aliphatic heterocycles. The van der Waals surface area contributed by atoms with Gasteiger partial charge in [0.15, 0.2) is 0 Å². The molecule has 0 radical (unpaired) electrons. The van der Waals surface area contributed by atoms with Gasteiger partial charge in [-0.1, -0.05) is 48.8 Å². The van der Waals surface area contributed by atoms with E-state index in [4.69, 9.17) is 0 Å². The van der Waals surface area contributed by atoms with Crippen LogP contribution >= 0.6 is 15.9 Å². The van der Waals surface area contributed by atoms with E-state index in [1.165, 1.54) is 17.5 Å². The molecule has 1 aromatic carbocycles. The topological polar surface area (TPSA) is 20.2 Å². The monoisotopic (exact) mass is 296 g/mol. The lowest BCUT2D eigenvalue weighted by Crippen LogP contribution is -2.29. The second kappa shape index (κ2) is 4.64. The zero-order valence-electron chi connectivity index (χ0n) is 10.8. The van der Waals surface area contributed by atoms with Gasteiger partial charge in [-0.05, 0) is 41.7 Å². The fourth-order valence-corrected chi connectivity index (χ4v) is 4.19. The summed E-state index contributed by atoms with van der Waals surface area (Å²) in [6.45, 7) is 6.87. The standard InChI is InChI=1S/C15H21BrO/c1-10(7-8-16)12-9-11-5-4-6-13(17)14(11)15(12,2)3/h4-6,10,12,17H,7-9H2,1-3H3/t10-,12-/m1/s1. The van der Waals surface area contributed by atoms with Crippen molar-refractivity contribution in [3.8, 4) is 5.75 Å². The molecule has 0 spiro atoms. The van der Waals surface area contributed by atoms with Crippen LogP contribution in [0.2, 0.25) is 0 Å². The van der Waals surface area contributed by atoms with Crippen molar-refractivity contribution in [1.82, 2.24) is 0 Å². The van der Waals surface area contributed by atoms with Crippen molar-refractivity contribution >= 4 is 15.9 Å². The Morgan fingerprint density at radius 3 is 2.76 bits per heavy atom. The molecule has 0 aromatic heterocycles. The summed E-state index contributed by atoms with van der Waals surface area (Å²) in [6, 6.07) is 5.94. The first-order valence-electron chi connectivity index (χ1n) is 6.35. The van der Waals surface area contributed by atoms with Gasteiger partial charge in [0.2, 0.25) is 0 Å². The molecule has 1 nitrogen and oxygen atoms in total. The van der Waals surface area contributed by atoms with Gasteiger partial charge in [0.05, 0.1) is 0 Å². The molecular weight excluding hydrogens is 276 g/mol. The predicted octanol–water partition coefficient (Wildman–Crippen LogP) is 4.26. The molecule has 0 unspecified atom stereocenters. The number of hydrogen-bond acceptors (Lipinski definition) is 1. The maximum absolute atomic E-state index is 10.1. The van der Waals surface area contributed by atoms with Crippen molar-refractivity contribution in [2.45, 2.75) is 39.0 Å². The normalized spacial score (nSPS) is 23.4. The van der Waals surface area contributed by atoms with Crippen LogP contribution in [0.25, 0.3) is 0 Å². The molecule has 0 amide bonds. The Labute approximate surface area is 112 Å². The van der Waals surface area contributed by atoms with Gasteiger partial charge in [0.1, 0.15) is 5.75 Å². The molecule has 1 aliphatic rings. The Balaban J connectivity index is 2.37. The number of aromatic hydroxyl groups is 1. The van der Waals surface area contributed by atoms with Gasteiger partial charge in [-0.15, -0.1) is 0 Å². The van der Waals surface area contributed by atoms with Crippen LogP contribution in [0, 0.1) is 11.8 Å². The third kappa shape index (κ3) is 2.12. The predicted molar refractivity (Wildman–Crippen MR) is 75.9 cm³/mol. The number of benzene rings is 1. The van der Waals surface area contributed by atoms with E-state index in [9.17, 15) is 5.11 Å². The van der Waals surface area contributed by atoms with Crippen molar-refractivity contribution in [1.29, 1.82) is 0 Å². The van der Waals surface area contributed by atoms with E-state index in [1.807, 2.05) is 12.1 Å². The zero-order chi connectivity index (χ0) is 12.6. The molecule has 0 fully saturated rings. The Kier molecular flexibility index (Phi) is 3.53. The summed E-state index contributed by atoms with van der Waals surface area (Å²) in [5, 5.41) is 11.1. The van der Waals surface area contributed by atoms with Gasteiger partial charge in [-0.3, -0.25) is 0 Å². The van der Waals surface area contributed by atoms with E-state index >= 15 is 0 Å². The third-order valence-electron chi connectivity index (χ3n) is 4.39. The van der Waals surface area contributed by atoms with Crippen molar-refractivity contribution in [3.63, 3.8) is 0 Å². The average Bonchev–Trinajstić information content (AvgIpc) is 2.52. The van der Waals surface area contributed by atoms with Crippen LogP contribution in [0.3, 0.4) is 0 Å². The van der Waals surface area contributed by atoms with Gasteiger partial charge in [0.25, 0.3) is 0 Å². The maximum Gasteiger partial charge on any atom is 0.119 e. The SMILES string of the molecule is C[C@H](CCBr)[C@H]1Cc2cccc(O)c2C1(C)C. The second-order valence-electron chi connectivity index (χ2n) is 5.80. The molecule has 2 rings (SSSR count). The summed E-state index contributed by atoms with van der Waals surface area (Å²) in [6.07, 6.45) is 2.30. The second-order valence-corrected chi connectivity index (χ2v) is 6.59. The summed E-state index contributed by atoms with van der Waals surface area (Å²) in [4.78, 5) is 0. The van der Waals surface area contributed by atoms with Gasteiger partial charge < -0.3 is 5.11 Å². The van der Waals surface area contributed by atoms with Crippen molar-refractivity contribution in [3.05, 3.63) is 29.3 Å². The van der Waals surface area contributed by atoms with Crippen LogP contribution in [0.5, 0.6) is 5.75 Å².